The predicted molar refractivity (Wildman–Crippen MR) is 84.1 cm³/mol. The van der Waals surface area contributed by atoms with Crippen molar-refractivity contribution in [3.8, 4) is 17.6 Å². The van der Waals surface area contributed by atoms with Crippen LogP contribution in [0.25, 0.3) is 0 Å². The maximum absolute atomic E-state index is 13.1. The standard InChI is InChI=1S/C17H17FN2O3/c1-22-14-6-11(7-15(8-14)23-2)17(21)10-20-16-4-3-13(18)5-12(16)9-19/h3-8,17,20-21H,10H2,1-2H3/t17-/m0/s1. The second-order valence-electron chi connectivity index (χ2n) is 4.84. The fraction of sp³-hybridized carbons (Fsp3) is 0.235. The molecule has 5 nitrogen and oxygen atoms in total. The quantitative estimate of drug-likeness (QED) is 0.857. The molecule has 1 atom stereocenters. The topological polar surface area (TPSA) is 74.5 Å². The Balaban J connectivity index is 2.14. The third kappa shape index (κ3) is 4.11. The number of aliphatic hydroxyl groups is 1. The van der Waals surface area contributed by atoms with Crippen LogP contribution in [-0.2, 0) is 0 Å². The van der Waals surface area contributed by atoms with Gasteiger partial charge in [-0.15, -0.1) is 0 Å². The van der Waals surface area contributed by atoms with Crippen LogP contribution in [0.2, 0.25) is 0 Å². The van der Waals surface area contributed by atoms with Gasteiger partial charge in [0.2, 0.25) is 0 Å². The van der Waals surface area contributed by atoms with Crippen molar-refractivity contribution in [2.45, 2.75) is 6.10 Å². The molecule has 0 bridgehead atoms. The largest absolute Gasteiger partial charge is 0.497 e. The van der Waals surface area contributed by atoms with Gasteiger partial charge in [-0.05, 0) is 35.9 Å². The van der Waals surface area contributed by atoms with E-state index >= 15 is 0 Å². The number of hydrogen-bond donors (Lipinski definition) is 2. The SMILES string of the molecule is COc1cc(OC)cc([C@@H](O)CNc2ccc(F)cc2C#N)c1. The molecule has 0 saturated heterocycles. The number of benzene rings is 2. The number of halogens is 1. The van der Waals surface area contributed by atoms with E-state index in [9.17, 15) is 9.50 Å². The monoisotopic (exact) mass is 316 g/mol. The van der Waals surface area contributed by atoms with Gasteiger partial charge in [-0.1, -0.05) is 0 Å². The van der Waals surface area contributed by atoms with E-state index in [1.807, 2.05) is 6.07 Å². The number of methoxy groups -OCH3 is 2. The van der Waals surface area contributed by atoms with Crippen molar-refractivity contribution < 1.29 is 19.0 Å². The van der Waals surface area contributed by atoms with Crippen LogP contribution in [0, 0.1) is 17.1 Å². The lowest BCUT2D eigenvalue weighted by molar-refractivity contribution is 0.190. The number of aliphatic hydroxyl groups excluding tert-OH is 1. The van der Waals surface area contributed by atoms with Gasteiger partial charge >= 0.3 is 0 Å². The molecule has 2 rings (SSSR count). The molecule has 0 aromatic heterocycles. The first-order chi connectivity index (χ1) is 11.1. The van der Waals surface area contributed by atoms with Crippen molar-refractivity contribution in [3.05, 3.63) is 53.3 Å². The molecule has 23 heavy (non-hydrogen) atoms. The molecule has 2 aromatic carbocycles. The van der Waals surface area contributed by atoms with Crippen LogP contribution in [0.1, 0.15) is 17.2 Å². The van der Waals surface area contributed by atoms with E-state index in [1.54, 1.807) is 18.2 Å². The molecule has 0 fully saturated rings. The maximum atomic E-state index is 13.1. The van der Waals surface area contributed by atoms with Crippen LogP contribution in [0.4, 0.5) is 10.1 Å². The lowest BCUT2D eigenvalue weighted by Crippen LogP contribution is -2.13. The molecule has 0 radical (unpaired) electrons. The molecule has 0 amide bonds. The van der Waals surface area contributed by atoms with Gasteiger partial charge in [0.25, 0.3) is 0 Å². The summed E-state index contributed by atoms with van der Waals surface area (Å²) < 4.78 is 23.4. The summed E-state index contributed by atoms with van der Waals surface area (Å²) in [7, 11) is 3.06. The summed E-state index contributed by atoms with van der Waals surface area (Å²) in [5, 5.41) is 22.3. The Kier molecular flexibility index (Phi) is 5.39. The van der Waals surface area contributed by atoms with Crippen molar-refractivity contribution in [2.75, 3.05) is 26.1 Å². The van der Waals surface area contributed by atoms with Gasteiger partial charge in [0.1, 0.15) is 23.4 Å². The highest BCUT2D eigenvalue weighted by Crippen LogP contribution is 2.27. The van der Waals surface area contributed by atoms with Gasteiger partial charge in [-0.3, -0.25) is 0 Å². The Bertz CT molecular complexity index is 706. The highest BCUT2D eigenvalue weighted by Gasteiger charge is 2.12. The van der Waals surface area contributed by atoms with Crippen molar-refractivity contribution >= 4 is 5.69 Å². The predicted octanol–water partition coefficient (Wildman–Crippen LogP) is 2.86. The van der Waals surface area contributed by atoms with Crippen LogP contribution >= 0.6 is 0 Å². The second-order valence-corrected chi connectivity index (χ2v) is 4.84. The molecule has 0 spiro atoms. The molecule has 6 heteroatoms. The fourth-order valence-corrected chi connectivity index (χ4v) is 2.11. The van der Waals surface area contributed by atoms with Gasteiger partial charge in [-0.25, -0.2) is 4.39 Å². The lowest BCUT2D eigenvalue weighted by Gasteiger charge is -2.16. The van der Waals surface area contributed by atoms with Crippen molar-refractivity contribution in [1.82, 2.24) is 0 Å². The van der Waals surface area contributed by atoms with Crippen LogP contribution in [0.5, 0.6) is 11.5 Å². The number of hydrogen-bond acceptors (Lipinski definition) is 5. The number of anilines is 1. The van der Waals surface area contributed by atoms with Gasteiger partial charge in [0.15, 0.2) is 0 Å². The Morgan fingerprint density at radius 3 is 2.39 bits per heavy atom. The Morgan fingerprint density at radius 1 is 1.17 bits per heavy atom. The molecule has 0 aliphatic rings. The van der Waals surface area contributed by atoms with Crippen molar-refractivity contribution in [2.24, 2.45) is 0 Å². The molecule has 0 saturated carbocycles. The van der Waals surface area contributed by atoms with Gasteiger partial charge in [-0.2, -0.15) is 5.26 Å². The van der Waals surface area contributed by atoms with Crippen LogP contribution in [-0.4, -0.2) is 25.9 Å². The minimum Gasteiger partial charge on any atom is -0.497 e. The molecular weight excluding hydrogens is 299 g/mol. The molecule has 0 unspecified atom stereocenters. The Labute approximate surface area is 133 Å². The molecule has 2 N–H and O–H groups in total. The van der Waals surface area contributed by atoms with Crippen LogP contribution in [0.15, 0.2) is 36.4 Å². The summed E-state index contributed by atoms with van der Waals surface area (Å²) in [6.07, 6.45) is -0.851. The maximum Gasteiger partial charge on any atom is 0.124 e. The first kappa shape index (κ1) is 16.6. The van der Waals surface area contributed by atoms with Gasteiger partial charge < -0.3 is 19.9 Å². The molecular formula is C17H17FN2O3. The minimum atomic E-state index is -0.851. The van der Waals surface area contributed by atoms with Gasteiger partial charge in [0, 0.05) is 12.6 Å². The number of nitrogens with one attached hydrogen (secondary N) is 1. The summed E-state index contributed by atoms with van der Waals surface area (Å²) in [6.45, 7) is 0.149. The normalized spacial score (nSPS) is 11.4. The van der Waals surface area contributed by atoms with E-state index in [0.29, 0.717) is 22.7 Å². The summed E-state index contributed by atoms with van der Waals surface area (Å²) >= 11 is 0. The lowest BCUT2D eigenvalue weighted by atomic mass is 10.1. The summed E-state index contributed by atoms with van der Waals surface area (Å²) in [5.41, 5.74) is 1.25. The molecule has 2 aromatic rings. The number of ether oxygens (including phenoxy) is 2. The highest BCUT2D eigenvalue weighted by molar-refractivity contribution is 5.57. The second kappa shape index (κ2) is 7.47. The van der Waals surface area contributed by atoms with Gasteiger partial charge in [0.05, 0.1) is 31.6 Å². The number of rotatable bonds is 6. The van der Waals surface area contributed by atoms with Crippen molar-refractivity contribution in [1.29, 1.82) is 5.26 Å². The number of nitriles is 1. The van der Waals surface area contributed by atoms with E-state index in [0.717, 1.165) is 6.07 Å². The third-order valence-electron chi connectivity index (χ3n) is 3.35. The third-order valence-corrected chi connectivity index (χ3v) is 3.35. The minimum absolute atomic E-state index is 0.149. The van der Waals surface area contributed by atoms with E-state index < -0.39 is 11.9 Å². The Hall–Kier alpha value is -2.78. The Morgan fingerprint density at radius 2 is 1.83 bits per heavy atom. The fourth-order valence-electron chi connectivity index (χ4n) is 2.11. The summed E-state index contributed by atoms with van der Waals surface area (Å²) in [4.78, 5) is 0. The number of nitrogens with zero attached hydrogens (tertiary/aromatic N) is 1. The molecule has 0 aliphatic heterocycles. The van der Waals surface area contributed by atoms with Crippen LogP contribution in [0.3, 0.4) is 0 Å². The zero-order valence-electron chi connectivity index (χ0n) is 12.8. The van der Waals surface area contributed by atoms with Crippen LogP contribution < -0.4 is 14.8 Å². The van der Waals surface area contributed by atoms with E-state index in [2.05, 4.69) is 5.32 Å². The highest BCUT2D eigenvalue weighted by atomic mass is 19.1. The average Bonchev–Trinajstić information content (AvgIpc) is 2.59. The molecule has 0 aliphatic carbocycles. The van der Waals surface area contributed by atoms with E-state index in [4.69, 9.17) is 14.7 Å². The zero-order valence-corrected chi connectivity index (χ0v) is 12.8. The zero-order chi connectivity index (χ0) is 16.8. The van der Waals surface area contributed by atoms with E-state index in [1.165, 1.54) is 26.4 Å². The van der Waals surface area contributed by atoms with E-state index in [-0.39, 0.29) is 12.1 Å². The summed E-state index contributed by atoms with van der Waals surface area (Å²) in [6, 6.07) is 10.9. The summed E-state index contributed by atoms with van der Waals surface area (Å²) in [5.74, 6) is 0.654. The molecule has 0 heterocycles. The smallest absolute Gasteiger partial charge is 0.124 e. The molecule has 120 valence electrons. The van der Waals surface area contributed by atoms with Crippen molar-refractivity contribution in [3.63, 3.8) is 0 Å². The average molecular weight is 316 g/mol. The first-order valence-electron chi connectivity index (χ1n) is 6.92. The first-order valence-corrected chi connectivity index (χ1v) is 6.92.